The highest BCUT2D eigenvalue weighted by atomic mass is 32.1. The Bertz CT molecular complexity index is 691. The molecule has 122 valence electrons. The van der Waals surface area contributed by atoms with Crippen LogP contribution in [-0.2, 0) is 6.42 Å². The molecule has 1 aliphatic carbocycles. The molecule has 2 fully saturated rings. The van der Waals surface area contributed by atoms with Crippen molar-refractivity contribution in [3.05, 3.63) is 41.2 Å². The van der Waals surface area contributed by atoms with Gasteiger partial charge in [-0.05, 0) is 55.7 Å². The number of benzene rings is 1. The Balaban J connectivity index is 1.33. The smallest absolute Gasteiger partial charge is 0.205 e. The lowest BCUT2D eigenvalue weighted by Gasteiger charge is -2.31. The van der Waals surface area contributed by atoms with Crippen LogP contribution in [0.15, 0.2) is 18.2 Å². The number of piperidine rings is 1. The Kier molecular flexibility index (Phi) is 4.01. The summed E-state index contributed by atoms with van der Waals surface area (Å²) in [6.45, 7) is 1.93. The monoisotopic (exact) mass is 335 g/mol. The number of anilines is 1. The van der Waals surface area contributed by atoms with Crippen molar-refractivity contribution in [2.75, 3.05) is 18.0 Å². The minimum Gasteiger partial charge on any atom is -0.347 e. The van der Waals surface area contributed by atoms with E-state index in [-0.39, 0.29) is 0 Å². The van der Waals surface area contributed by atoms with E-state index in [1.54, 1.807) is 6.07 Å². The van der Waals surface area contributed by atoms with Crippen molar-refractivity contribution in [2.24, 2.45) is 5.92 Å². The lowest BCUT2D eigenvalue weighted by Crippen LogP contribution is -2.34. The molecule has 2 heterocycles. The van der Waals surface area contributed by atoms with Gasteiger partial charge in [-0.3, -0.25) is 0 Å². The molecule has 1 saturated heterocycles. The number of hydrogen-bond donors (Lipinski definition) is 0. The first kappa shape index (κ1) is 15.0. The zero-order valence-corrected chi connectivity index (χ0v) is 13.7. The molecule has 0 atom stereocenters. The van der Waals surface area contributed by atoms with E-state index in [2.05, 4.69) is 14.3 Å². The topological polar surface area (TPSA) is 29.0 Å². The van der Waals surface area contributed by atoms with E-state index in [0.29, 0.717) is 11.8 Å². The normalized spacial score (nSPS) is 19.3. The molecule has 0 radical (unpaired) electrons. The van der Waals surface area contributed by atoms with Gasteiger partial charge in [0.1, 0.15) is 5.82 Å². The first-order valence-electron chi connectivity index (χ1n) is 8.21. The first-order chi connectivity index (χ1) is 11.2. The van der Waals surface area contributed by atoms with Crippen molar-refractivity contribution in [2.45, 2.75) is 38.0 Å². The van der Waals surface area contributed by atoms with Crippen molar-refractivity contribution in [3.63, 3.8) is 0 Å². The molecular weight excluding hydrogens is 316 g/mol. The van der Waals surface area contributed by atoms with Crippen molar-refractivity contribution in [1.29, 1.82) is 0 Å². The molecule has 1 aromatic carbocycles. The summed E-state index contributed by atoms with van der Waals surface area (Å²) in [6, 6.07) is 4.24. The van der Waals surface area contributed by atoms with Crippen molar-refractivity contribution < 1.29 is 8.78 Å². The Morgan fingerprint density at radius 3 is 2.57 bits per heavy atom. The summed E-state index contributed by atoms with van der Waals surface area (Å²) in [6.07, 6.45) is 5.38. The van der Waals surface area contributed by atoms with Crippen molar-refractivity contribution >= 4 is 16.7 Å². The summed E-state index contributed by atoms with van der Waals surface area (Å²) in [5.74, 6) is 0.625. The van der Waals surface area contributed by atoms with Gasteiger partial charge in [-0.1, -0.05) is 6.07 Å². The second-order valence-electron chi connectivity index (χ2n) is 6.59. The van der Waals surface area contributed by atoms with Crippen LogP contribution in [-0.4, -0.2) is 22.4 Å². The average molecular weight is 335 g/mol. The van der Waals surface area contributed by atoms with Crippen LogP contribution in [0.2, 0.25) is 0 Å². The number of rotatable bonds is 4. The second kappa shape index (κ2) is 6.15. The molecule has 0 unspecified atom stereocenters. The lowest BCUT2D eigenvalue weighted by atomic mass is 9.90. The molecule has 0 amide bonds. The third kappa shape index (κ3) is 3.37. The minimum absolute atomic E-state index is 0.520. The van der Waals surface area contributed by atoms with Gasteiger partial charge in [0.05, 0.1) is 0 Å². The van der Waals surface area contributed by atoms with E-state index in [4.69, 9.17) is 0 Å². The zero-order chi connectivity index (χ0) is 15.8. The fourth-order valence-corrected chi connectivity index (χ4v) is 3.99. The molecule has 1 aliphatic heterocycles. The van der Waals surface area contributed by atoms with E-state index >= 15 is 0 Å². The fourth-order valence-electron chi connectivity index (χ4n) is 3.19. The van der Waals surface area contributed by atoms with Gasteiger partial charge in [-0.25, -0.2) is 13.8 Å². The molecule has 6 heteroatoms. The molecular formula is C17H19F2N3S. The van der Waals surface area contributed by atoms with Gasteiger partial charge in [0, 0.05) is 30.5 Å². The highest BCUT2D eigenvalue weighted by Crippen LogP contribution is 2.40. The summed E-state index contributed by atoms with van der Waals surface area (Å²) in [4.78, 5) is 6.98. The molecule has 1 saturated carbocycles. The van der Waals surface area contributed by atoms with Gasteiger partial charge >= 0.3 is 0 Å². The molecule has 23 heavy (non-hydrogen) atoms. The highest BCUT2D eigenvalue weighted by Gasteiger charge is 2.29. The molecule has 1 aromatic heterocycles. The summed E-state index contributed by atoms with van der Waals surface area (Å²) in [5, 5.41) is 1.04. The van der Waals surface area contributed by atoms with Gasteiger partial charge in [-0.2, -0.15) is 4.37 Å². The van der Waals surface area contributed by atoms with Gasteiger partial charge in [0.15, 0.2) is 11.6 Å². The van der Waals surface area contributed by atoms with Crippen LogP contribution >= 0.6 is 11.5 Å². The predicted molar refractivity (Wildman–Crippen MR) is 86.9 cm³/mol. The highest BCUT2D eigenvalue weighted by molar-refractivity contribution is 7.09. The maximum absolute atomic E-state index is 13.3. The first-order valence-corrected chi connectivity index (χ1v) is 8.99. The largest absolute Gasteiger partial charge is 0.347 e. The third-order valence-electron chi connectivity index (χ3n) is 4.77. The standard InChI is InChI=1S/C17H19F2N3S/c18-14-4-1-12(10-15(14)19)9-11-5-7-22(8-6-11)17-20-16(21-23-17)13-2-3-13/h1,4,10-11,13H,2-3,5-9H2. The number of hydrogen-bond acceptors (Lipinski definition) is 4. The molecule has 0 bridgehead atoms. The quantitative estimate of drug-likeness (QED) is 0.840. The molecule has 4 rings (SSSR count). The van der Waals surface area contributed by atoms with Crippen molar-refractivity contribution in [1.82, 2.24) is 9.36 Å². The summed E-state index contributed by atoms with van der Waals surface area (Å²) in [7, 11) is 0. The van der Waals surface area contributed by atoms with Gasteiger partial charge in [-0.15, -0.1) is 0 Å². The fraction of sp³-hybridized carbons (Fsp3) is 0.529. The summed E-state index contributed by atoms with van der Waals surface area (Å²) in [5.41, 5.74) is 0.884. The van der Waals surface area contributed by atoms with E-state index in [1.165, 1.54) is 36.5 Å². The maximum atomic E-state index is 13.3. The molecule has 2 aliphatic rings. The van der Waals surface area contributed by atoms with Crippen LogP contribution in [0.4, 0.5) is 13.9 Å². The number of halogens is 2. The Morgan fingerprint density at radius 2 is 1.87 bits per heavy atom. The molecule has 0 spiro atoms. The Hall–Kier alpha value is -1.56. The maximum Gasteiger partial charge on any atom is 0.205 e. The lowest BCUT2D eigenvalue weighted by molar-refractivity contribution is 0.402. The van der Waals surface area contributed by atoms with Crippen molar-refractivity contribution in [3.8, 4) is 0 Å². The average Bonchev–Trinajstić information content (AvgIpc) is 3.29. The van der Waals surface area contributed by atoms with Gasteiger partial charge in [0.25, 0.3) is 0 Å². The number of nitrogens with zero attached hydrogens (tertiary/aromatic N) is 3. The van der Waals surface area contributed by atoms with Crippen LogP contribution < -0.4 is 4.90 Å². The third-order valence-corrected chi connectivity index (χ3v) is 5.56. The van der Waals surface area contributed by atoms with E-state index in [1.807, 2.05) is 0 Å². The zero-order valence-electron chi connectivity index (χ0n) is 12.8. The van der Waals surface area contributed by atoms with E-state index in [9.17, 15) is 8.78 Å². The summed E-state index contributed by atoms with van der Waals surface area (Å²) < 4.78 is 30.7. The van der Waals surface area contributed by atoms with Crippen LogP contribution in [0, 0.1) is 17.6 Å². The van der Waals surface area contributed by atoms with E-state index in [0.717, 1.165) is 48.9 Å². The van der Waals surface area contributed by atoms with Crippen LogP contribution in [0.1, 0.15) is 43.0 Å². The van der Waals surface area contributed by atoms with Crippen LogP contribution in [0.3, 0.4) is 0 Å². The molecule has 2 aromatic rings. The Labute approximate surface area is 138 Å². The number of aromatic nitrogens is 2. The van der Waals surface area contributed by atoms with Gasteiger partial charge < -0.3 is 4.90 Å². The summed E-state index contributed by atoms with van der Waals surface area (Å²) >= 11 is 1.51. The van der Waals surface area contributed by atoms with E-state index < -0.39 is 11.6 Å². The molecule has 3 nitrogen and oxygen atoms in total. The Morgan fingerprint density at radius 1 is 1.09 bits per heavy atom. The van der Waals surface area contributed by atoms with Crippen LogP contribution in [0.25, 0.3) is 0 Å². The SMILES string of the molecule is Fc1ccc(CC2CCN(c3nc(C4CC4)ns3)CC2)cc1F. The second-order valence-corrected chi connectivity index (χ2v) is 7.32. The van der Waals surface area contributed by atoms with Gasteiger partial charge in [0.2, 0.25) is 5.13 Å². The van der Waals surface area contributed by atoms with Crippen LogP contribution in [0.5, 0.6) is 0 Å². The minimum atomic E-state index is -0.772. The predicted octanol–water partition coefficient (Wildman–Crippen LogP) is 4.15. The molecule has 0 N–H and O–H groups in total.